The molecule has 22 heavy (non-hydrogen) atoms. The van der Waals surface area contributed by atoms with Crippen LogP contribution in [-0.2, 0) is 21.0 Å². The molecule has 1 aliphatic heterocycles. The van der Waals surface area contributed by atoms with Crippen LogP contribution in [0.5, 0.6) is 0 Å². The third-order valence-corrected chi connectivity index (χ3v) is 5.45. The molecule has 122 valence electrons. The van der Waals surface area contributed by atoms with E-state index >= 15 is 0 Å². The molecule has 0 unspecified atom stereocenters. The van der Waals surface area contributed by atoms with Crippen molar-refractivity contribution >= 4 is 16.0 Å². The second-order valence-electron chi connectivity index (χ2n) is 4.99. The average molecular weight is 337 g/mol. The summed E-state index contributed by atoms with van der Waals surface area (Å²) in [6.45, 7) is 0.0420. The van der Waals surface area contributed by atoms with Gasteiger partial charge in [-0.25, -0.2) is 8.42 Å². The number of carboxylic acids is 1. The van der Waals surface area contributed by atoms with E-state index in [0.29, 0.717) is 25.0 Å². The van der Waals surface area contributed by atoms with E-state index in [-0.39, 0.29) is 17.9 Å². The van der Waals surface area contributed by atoms with E-state index in [9.17, 15) is 26.4 Å². The topological polar surface area (TPSA) is 74.7 Å². The summed E-state index contributed by atoms with van der Waals surface area (Å²) in [5.74, 6) is -1.25. The number of halogens is 3. The molecule has 2 rings (SSSR count). The first-order chi connectivity index (χ1) is 10.1. The molecule has 0 amide bonds. The number of hydrogen-bond acceptors (Lipinski definition) is 3. The van der Waals surface area contributed by atoms with Crippen molar-refractivity contribution in [1.29, 1.82) is 0 Å². The molecule has 5 nitrogen and oxygen atoms in total. The predicted octanol–water partition coefficient (Wildman–Crippen LogP) is 2.33. The van der Waals surface area contributed by atoms with Crippen LogP contribution < -0.4 is 0 Å². The smallest absolute Gasteiger partial charge is 0.416 e. The summed E-state index contributed by atoms with van der Waals surface area (Å²) in [7, 11) is -4.13. The van der Waals surface area contributed by atoms with Crippen molar-refractivity contribution in [2.75, 3.05) is 6.54 Å². The first kappa shape index (κ1) is 16.8. The fourth-order valence-electron chi connectivity index (χ4n) is 2.39. The van der Waals surface area contributed by atoms with Crippen molar-refractivity contribution in [2.45, 2.75) is 36.4 Å². The third-order valence-electron chi connectivity index (χ3n) is 3.53. The van der Waals surface area contributed by atoms with Gasteiger partial charge in [-0.15, -0.1) is 0 Å². The highest BCUT2D eigenvalue weighted by molar-refractivity contribution is 7.89. The molecule has 1 aromatic rings. The van der Waals surface area contributed by atoms with Gasteiger partial charge in [0.1, 0.15) is 6.04 Å². The SMILES string of the molecule is O=C(O)[C@H]1CCCCN1S(=O)(=O)c1ccc(C(F)(F)F)cc1. The van der Waals surface area contributed by atoms with Crippen LogP contribution in [0, 0.1) is 0 Å². The van der Waals surface area contributed by atoms with Crippen molar-refractivity contribution in [3.05, 3.63) is 29.8 Å². The summed E-state index contributed by atoms with van der Waals surface area (Å²) in [5, 5.41) is 9.11. The summed E-state index contributed by atoms with van der Waals surface area (Å²) >= 11 is 0. The molecule has 0 spiro atoms. The Kier molecular flexibility index (Phi) is 4.48. The molecule has 1 fully saturated rings. The molecular formula is C13H14F3NO4S. The maximum absolute atomic E-state index is 12.5. The lowest BCUT2D eigenvalue weighted by molar-refractivity contribution is -0.142. The predicted molar refractivity (Wildman–Crippen MR) is 70.6 cm³/mol. The minimum Gasteiger partial charge on any atom is -0.480 e. The molecule has 0 saturated carbocycles. The molecule has 0 aliphatic carbocycles. The number of aliphatic carboxylic acids is 1. The largest absolute Gasteiger partial charge is 0.480 e. The molecule has 1 N–H and O–H groups in total. The van der Waals surface area contributed by atoms with Gasteiger partial charge >= 0.3 is 12.1 Å². The van der Waals surface area contributed by atoms with E-state index in [2.05, 4.69) is 0 Å². The van der Waals surface area contributed by atoms with Crippen molar-refractivity contribution in [3.8, 4) is 0 Å². The molecule has 1 saturated heterocycles. The number of piperidine rings is 1. The monoisotopic (exact) mass is 337 g/mol. The van der Waals surface area contributed by atoms with Gasteiger partial charge in [0.05, 0.1) is 10.5 Å². The number of carboxylic acid groups (broad SMARTS) is 1. The first-order valence-corrected chi connectivity index (χ1v) is 8.00. The third kappa shape index (κ3) is 3.25. The van der Waals surface area contributed by atoms with Gasteiger partial charge in [0, 0.05) is 6.54 Å². The fourth-order valence-corrected chi connectivity index (χ4v) is 4.04. The van der Waals surface area contributed by atoms with Gasteiger partial charge in [-0.2, -0.15) is 17.5 Å². The molecule has 1 heterocycles. The Balaban J connectivity index is 2.35. The molecular weight excluding hydrogens is 323 g/mol. The van der Waals surface area contributed by atoms with E-state index in [1.165, 1.54) is 0 Å². The maximum Gasteiger partial charge on any atom is 0.416 e. The van der Waals surface area contributed by atoms with E-state index in [1.807, 2.05) is 0 Å². The zero-order valence-corrected chi connectivity index (χ0v) is 12.2. The quantitative estimate of drug-likeness (QED) is 0.919. The van der Waals surface area contributed by atoms with E-state index in [4.69, 9.17) is 5.11 Å². The van der Waals surface area contributed by atoms with Crippen LogP contribution in [0.25, 0.3) is 0 Å². The number of carbonyl (C=O) groups is 1. The lowest BCUT2D eigenvalue weighted by Crippen LogP contribution is -2.47. The Morgan fingerprint density at radius 3 is 2.27 bits per heavy atom. The molecule has 0 aromatic heterocycles. The molecule has 1 aromatic carbocycles. The van der Waals surface area contributed by atoms with Crippen molar-refractivity contribution < 1.29 is 31.5 Å². The number of benzene rings is 1. The van der Waals surface area contributed by atoms with Gasteiger partial charge in [0.25, 0.3) is 0 Å². The molecule has 0 bridgehead atoms. The zero-order valence-electron chi connectivity index (χ0n) is 11.4. The Morgan fingerprint density at radius 2 is 1.77 bits per heavy atom. The minimum absolute atomic E-state index is 0.0420. The van der Waals surface area contributed by atoms with Gasteiger partial charge in [0.2, 0.25) is 10.0 Å². The summed E-state index contributed by atoms with van der Waals surface area (Å²) in [5.41, 5.74) is -0.958. The van der Waals surface area contributed by atoms with Crippen LogP contribution >= 0.6 is 0 Å². The minimum atomic E-state index is -4.56. The van der Waals surface area contributed by atoms with E-state index < -0.39 is 33.8 Å². The number of rotatable bonds is 3. The van der Waals surface area contributed by atoms with Crippen molar-refractivity contribution in [1.82, 2.24) is 4.31 Å². The van der Waals surface area contributed by atoms with Crippen LogP contribution in [0.4, 0.5) is 13.2 Å². The van der Waals surface area contributed by atoms with Gasteiger partial charge in [-0.3, -0.25) is 4.79 Å². The molecule has 0 radical (unpaired) electrons. The molecule has 1 atom stereocenters. The van der Waals surface area contributed by atoms with Crippen molar-refractivity contribution in [3.63, 3.8) is 0 Å². The van der Waals surface area contributed by atoms with Crippen molar-refractivity contribution in [2.24, 2.45) is 0 Å². The van der Waals surface area contributed by atoms with Gasteiger partial charge in [0.15, 0.2) is 0 Å². The summed E-state index contributed by atoms with van der Waals surface area (Å²) in [4.78, 5) is 10.8. The zero-order chi connectivity index (χ0) is 16.5. The van der Waals surface area contributed by atoms with Crippen LogP contribution in [0.15, 0.2) is 29.2 Å². The van der Waals surface area contributed by atoms with Crippen LogP contribution in [-0.4, -0.2) is 36.4 Å². The van der Waals surface area contributed by atoms with Crippen LogP contribution in [0.3, 0.4) is 0 Å². The number of nitrogens with zero attached hydrogens (tertiary/aromatic N) is 1. The Bertz CT molecular complexity index is 655. The summed E-state index contributed by atoms with van der Waals surface area (Å²) in [6.07, 6.45) is -3.26. The lowest BCUT2D eigenvalue weighted by Gasteiger charge is -2.31. The van der Waals surface area contributed by atoms with Gasteiger partial charge in [-0.1, -0.05) is 0 Å². The second kappa shape index (κ2) is 5.88. The standard InChI is InChI=1S/C13H14F3NO4S/c14-13(15,16)9-4-6-10(7-5-9)22(20,21)17-8-2-1-3-11(17)12(18)19/h4-7,11H,1-3,8H2,(H,18,19)/t11-/m1/s1. The summed E-state index contributed by atoms with van der Waals surface area (Å²) in [6, 6.07) is 1.87. The maximum atomic E-state index is 12.5. The van der Waals surface area contributed by atoms with E-state index in [0.717, 1.165) is 16.4 Å². The van der Waals surface area contributed by atoms with Gasteiger partial charge in [-0.05, 0) is 43.5 Å². The normalized spacial score (nSPS) is 20.8. The fraction of sp³-hybridized carbons (Fsp3) is 0.462. The second-order valence-corrected chi connectivity index (χ2v) is 6.88. The Labute approximate surface area is 125 Å². The Morgan fingerprint density at radius 1 is 1.18 bits per heavy atom. The highest BCUT2D eigenvalue weighted by atomic mass is 32.2. The van der Waals surface area contributed by atoms with Crippen LogP contribution in [0.1, 0.15) is 24.8 Å². The molecule has 1 aliphatic rings. The molecule has 9 heteroatoms. The number of sulfonamides is 1. The van der Waals surface area contributed by atoms with Crippen LogP contribution in [0.2, 0.25) is 0 Å². The van der Waals surface area contributed by atoms with Gasteiger partial charge < -0.3 is 5.11 Å². The van der Waals surface area contributed by atoms with E-state index in [1.54, 1.807) is 0 Å². The average Bonchev–Trinajstić information content (AvgIpc) is 2.46. The lowest BCUT2D eigenvalue weighted by atomic mass is 10.1. The number of alkyl halides is 3. The number of hydrogen-bond donors (Lipinski definition) is 1. The summed E-state index contributed by atoms with van der Waals surface area (Å²) < 4.78 is 63.2. The first-order valence-electron chi connectivity index (χ1n) is 6.56. The Hall–Kier alpha value is -1.61. The highest BCUT2D eigenvalue weighted by Gasteiger charge is 2.38. The highest BCUT2D eigenvalue weighted by Crippen LogP contribution is 2.31.